The van der Waals surface area contributed by atoms with E-state index in [9.17, 15) is 23.2 Å². The smallest absolute Gasteiger partial charge is 0.423 e. The van der Waals surface area contributed by atoms with Gasteiger partial charge in [0, 0.05) is 5.46 Å². The zero-order chi connectivity index (χ0) is 14.4. The highest BCUT2D eigenvalue weighted by Crippen LogP contribution is 2.29. The molecule has 0 unspecified atom stereocenters. The number of fused-ring (bicyclic) bond motifs is 1. The summed E-state index contributed by atoms with van der Waals surface area (Å²) < 4.78 is 37.9. The van der Waals surface area contributed by atoms with Crippen LogP contribution in [0.1, 0.15) is 0 Å². The van der Waals surface area contributed by atoms with Crippen LogP contribution in [-0.4, -0.2) is 33.1 Å². The van der Waals surface area contributed by atoms with Gasteiger partial charge in [-0.25, -0.2) is 0 Å². The first-order chi connectivity index (χ1) is 8.70. The summed E-state index contributed by atoms with van der Waals surface area (Å²) in [5, 5.41) is 22.1. The molecule has 102 valence electrons. The van der Waals surface area contributed by atoms with Gasteiger partial charge in [-0.05, 0) is 6.07 Å². The van der Waals surface area contributed by atoms with Gasteiger partial charge in [0.15, 0.2) is 5.82 Å². The van der Waals surface area contributed by atoms with Gasteiger partial charge in [0.25, 0.3) is 0 Å². The van der Waals surface area contributed by atoms with E-state index in [1.54, 1.807) is 0 Å². The number of benzene rings is 1. The molecule has 2 rings (SSSR count). The van der Waals surface area contributed by atoms with Crippen LogP contribution in [0.4, 0.5) is 19.0 Å². The van der Waals surface area contributed by atoms with Crippen LogP contribution in [0, 0.1) is 0 Å². The standard InChI is InChI=1S/C9H8BClF3N3O2/c11-5-2-1-4(10(18)19)7-6(5)8(15)16-17(7)3-9(12,13)14/h1-2,18-19H,3H2,(H2,15,16). The van der Waals surface area contributed by atoms with Crippen molar-refractivity contribution in [1.82, 2.24) is 9.78 Å². The molecule has 0 atom stereocenters. The maximum Gasteiger partial charge on any atom is 0.490 e. The minimum Gasteiger partial charge on any atom is -0.423 e. The highest BCUT2D eigenvalue weighted by atomic mass is 35.5. The molecule has 0 aliphatic heterocycles. The summed E-state index contributed by atoms with van der Waals surface area (Å²) in [5.41, 5.74) is 5.23. The third kappa shape index (κ3) is 2.62. The first-order valence-corrected chi connectivity index (χ1v) is 5.46. The van der Waals surface area contributed by atoms with Gasteiger partial charge in [0.05, 0.1) is 15.9 Å². The van der Waals surface area contributed by atoms with Crippen LogP contribution < -0.4 is 11.2 Å². The van der Waals surface area contributed by atoms with Gasteiger partial charge < -0.3 is 15.8 Å². The molecular weight excluding hydrogens is 285 g/mol. The van der Waals surface area contributed by atoms with Crippen molar-refractivity contribution in [3.63, 3.8) is 0 Å². The van der Waals surface area contributed by atoms with Gasteiger partial charge in [-0.1, -0.05) is 17.7 Å². The third-order valence-corrected chi connectivity index (χ3v) is 2.82. The average Bonchev–Trinajstić information content (AvgIpc) is 2.54. The third-order valence-electron chi connectivity index (χ3n) is 2.51. The monoisotopic (exact) mass is 293 g/mol. The van der Waals surface area contributed by atoms with Crippen molar-refractivity contribution in [2.75, 3.05) is 5.73 Å². The molecule has 19 heavy (non-hydrogen) atoms. The molecule has 0 aliphatic carbocycles. The predicted octanol–water partition coefficient (Wildman–Crippen LogP) is 0.514. The van der Waals surface area contributed by atoms with Crippen LogP contribution >= 0.6 is 11.6 Å². The fraction of sp³-hybridized carbons (Fsp3) is 0.222. The van der Waals surface area contributed by atoms with Crippen molar-refractivity contribution in [3.8, 4) is 0 Å². The van der Waals surface area contributed by atoms with E-state index in [1.807, 2.05) is 0 Å². The zero-order valence-electron chi connectivity index (χ0n) is 9.32. The van der Waals surface area contributed by atoms with E-state index in [0.29, 0.717) is 4.68 Å². The molecule has 0 aliphatic rings. The molecule has 0 amide bonds. The molecule has 0 spiro atoms. The fourth-order valence-corrected chi connectivity index (χ4v) is 2.08. The molecule has 0 saturated heterocycles. The Kier molecular flexibility index (Phi) is 3.37. The predicted molar refractivity (Wildman–Crippen MR) is 65.0 cm³/mol. The molecule has 1 aromatic heterocycles. The second kappa shape index (κ2) is 4.59. The number of nitrogens with two attached hydrogens (primary N) is 1. The lowest BCUT2D eigenvalue weighted by Gasteiger charge is -2.10. The van der Waals surface area contributed by atoms with Crippen LogP contribution in [0.3, 0.4) is 0 Å². The molecule has 0 bridgehead atoms. The van der Waals surface area contributed by atoms with Gasteiger partial charge in [-0.2, -0.15) is 18.3 Å². The lowest BCUT2D eigenvalue weighted by Crippen LogP contribution is -2.32. The Bertz CT molecular complexity index is 629. The number of halogens is 4. The van der Waals surface area contributed by atoms with Crippen molar-refractivity contribution in [2.24, 2.45) is 0 Å². The van der Waals surface area contributed by atoms with Gasteiger partial charge in [-0.15, -0.1) is 0 Å². The van der Waals surface area contributed by atoms with Crippen LogP contribution in [0.15, 0.2) is 12.1 Å². The summed E-state index contributed by atoms with van der Waals surface area (Å²) in [6.45, 7) is -1.40. The quantitative estimate of drug-likeness (QED) is 0.705. The number of hydrogen-bond donors (Lipinski definition) is 3. The Morgan fingerprint density at radius 1 is 1.37 bits per heavy atom. The summed E-state index contributed by atoms with van der Waals surface area (Å²) in [6.07, 6.45) is -4.52. The van der Waals surface area contributed by atoms with Gasteiger partial charge >= 0.3 is 13.3 Å². The van der Waals surface area contributed by atoms with Gasteiger partial charge in [0.2, 0.25) is 0 Å². The number of aromatic nitrogens is 2. The highest BCUT2D eigenvalue weighted by Gasteiger charge is 2.31. The van der Waals surface area contributed by atoms with Gasteiger partial charge in [0.1, 0.15) is 6.54 Å². The second-order valence-electron chi connectivity index (χ2n) is 3.89. The van der Waals surface area contributed by atoms with Crippen LogP contribution in [0.5, 0.6) is 0 Å². The largest absolute Gasteiger partial charge is 0.490 e. The van der Waals surface area contributed by atoms with E-state index >= 15 is 0 Å². The summed E-state index contributed by atoms with van der Waals surface area (Å²) in [4.78, 5) is 0. The van der Waals surface area contributed by atoms with E-state index < -0.39 is 19.8 Å². The number of hydrogen-bond acceptors (Lipinski definition) is 4. The molecule has 2 aromatic rings. The Hall–Kier alpha value is -1.45. The van der Waals surface area contributed by atoms with Crippen molar-refractivity contribution in [3.05, 3.63) is 17.2 Å². The normalized spacial score (nSPS) is 12.1. The van der Waals surface area contributed by atoms with Crippen molar-refractivity contribution in [2.45, 2.75) is 12.7 Å². The van der Waals surface area contributed by atoms with E-state index in [2.05, 4.69) is 5.10 Å². The molecule has 0 fully saturated rings. The number of alkyl halides is 3. The molecule has 0 radical (unpaired) electrons. The maximum atomic E-state index is 12.5. The first-order valence-electron chi connectivity index (χ1n) is 5.08. The number of anilines is 1. The lowest BCUT2D eigenvalue weighted by atomic mass is 9.79. The molecule has 0 saturated carbocycles. The molecule has 1 aromatic carbocycles. The Morgan fingerprint density at radius 2 is 2.00 bits per heavy atom. The lowest BCUT2D eigenvalue weighted by molar-refractivity contribution is -0.141. The number of nitrogen functional groups attached to an aromatic ring is 1. The highest BCUT2D eigenvalue weighted by molar-refractivity contribution is 6.62. The fourth-order valence-electron chi connectivity index (χ4n) is 1.83. The van der Waals surface area contributed by atoms with Crippen LogP contribution in [0.2, 0.25) is 5.02 Å². The van der Waals surface area contributed by atoms with Crippen molar-refractivity contribution >= 4 is 40.9 Å². The minimum atomic E-state index is -4.52. The topological polar surface area (TPSA) is 84.3 Å². The Morgan fingerprint density at radius 3 is 2.53 bits per heavy atom. The van der Waals surface area contributed by atoms with Crippen molar-refractivity contribution in [1.29, 1.82) is 0 Å². The molecular formula is C9H8BClF3N3O2. The van der Waals surface area contributed by atoms with E-state index in [1.165, 1.54) is 12.1 Å². The van der Waals surface area contributed by atoms with Crippen molar-refractivity contribution < 1.29 is 23.2 Å². The summed E-state index contributed by atoms with van der Waals surface area (Å²) in [5.74, 6) is -0.202. The summed E-state index contributed by atoms with van der Waals surface area (Å²) in [7, 11) is -1.96. The molecule has 5 nitrogen and oxygen atoms in total. The Labute approximate surface area is 110 Å². The van der Waals surface area contributed by atoms with E-state index in [0.717, 1.165) is 0 Å². The summed E-state index contributed by atoms with van der Waals surface area (Å²) >= 11 is 5.85. The van der Waals surface area contributed by atoms with Crippen LogP contribution in [-0.2, 0) is 6.54 Å². The second-order valence-corrected chi connectivity index (χ2v) is 4.30. The SMILES string of the molecule is Nc1nn(CC(F)(F)F)c2c(B(O)O)ccc(Cl)c12. The van der Waals surface area contributed by atoms with E-state index in [-0.39, 0.29) is 27.2 Å². The van der Waals surface area contributed by atoms with Crippen LogP contribution in [0.25, 0.3) is 10.9 Å². The molecule has 1 heterocycles. The molecule has 4 N–H and O–H groups in total. The van der Waals surface area contributed by atoms with E-state index in [4.69, 9.17) is 17.3 Å². The minimum absolute atomic E-state index is 0.0662. The zero-order valence-corrected chi connectivity index (χ0v) is 10.1. The first kappa shape index (κ1) is 14.0. The number of rotatable bonds is 2. The van der Waals surface area contributed by atoms with Gasteiger partial charge in [-0.3, -0.25) is 4.68 Å². The summed E-state index contributed by atoms with van der Waals surface area (Å²) in [6, 6.07) is 2.53. The maximum absolute atomic E-state index is 12.5. The number of nitrogens with zero attached hydrogens (tertiary/aromatic N) is 2. The Balaban J connectivity index is 2.75. The molecule has 10 heteroatoms. The average molecular weight is 293 g/mol.